The van der Waals surface area contributed by atoms with Gasteiger partial charge in [-0.1, -0.05) is 6.92 Å². The molecule has 0 saturated heterocycles. The predicted octanol–water partition coefficient (Wildman–Crippen LogP) is 1.27. The van der Waals surface area contributed by atoms with Crippen LogP contribution in [-0.4, -0.2) is 49.7 Å². The van der Waals surface area contributed by atoms with Crippen molar-refractivity contribution in [3.63, 3.8) is 0 Å². The normalized spacial score (nSPS) is 18.8. The number of nitrogens with two attached hydrogens (primary N) is 1. The highest BCUT2D eigenvalue weighted by Gasteiger charge is 2.45. The van der Waals surface area contributed by atoms with Gasteiger partial charge < -0.3 is 29.6 Å². The Morgan fingerprint density at radius 2 is 1.95 bits per heavy atom. The molecule has 0 radical (unpaired) electrons. The van der Waals surface area contributed by atoms with Gasteiger partial charge in [0.1, 0.15) is 6.61 Å². The number of rotatable bonds is 3. The SMILES string of the molecule is CC[C@@]1(O)C(=O)OCc2c1cc1n(c2=O)Cc2c-1nc1cc3c(cc1c2-c1cnn(C(=O)CN)c1)OCO3. The molecular formula is C26H21N5O7. The van der Waals surface area contributed by atoms with Crippen molar-refractivity contribution in [2.45, 2.75) is 32.1 Å². The van der Waals surface area contributed by atoms with E-state index in [4.69, 9.17) is 24.9 Å². The molecule has 0 aliphatic carbocycles. The van der Waals surface area contributed by atoms with Crippen molar-refractivity contribution in [1.29, 1.82) is 0 Å². The maximum Gasteiger partial charge on any atom is 0.343 e. The summed E-state index contributed by atoms with van der Waals surface area (Å²) in [4.78, 5) is 43.2. The summed E-state index contributed by atoms with van der Waals surface area (Å²) in [6.07, 6.45) is 3.20. The molecule has 3 aliphatic heterocycles. The number of aromatic nitrogens is 4. The van der Waals surface area contributed by atoms with Crippen LogP contribution in [0, 0.1) is 0 Å². The second kappa shape index (κ2) is 7.73. The van der Waals surface area contributed by atoms with E-state index in [-0.39, 0.29) is 55.5 Å². The molecule has 0 amide bonds. The van der Waals surface area contributed by atoms with E-state index >= 15 is 0 Å². The predicted molar refractivity (Wildman–Crippen MR) is 132 cm³/mol. The lowest BCUT2D eigenvalue weighted by Crippen LogP contribution is -2.44. The van der Waals surface area contributed by atoms with E-state index in [1.54, 1.807) is 36.0 Å². The third-order valence-corrected chi connectivity index (χ3v) is 7.48. The molecule has 12 nitrogen and oxygen atoms in total. The highest BCUT2D eigenvalue weighted by molar-refractivity contribution is 6.01. The molecule has 12 heteroatoms. The first-order valence-corrected chi connectivity index (χ1v) is 12.1. The highest BCUT2D eigenvalue weighted by Crippen LogP contribution is 2.46. The molecule has 38 heavy (non-hydrogen) atoms. The number of pyridine rings is 2. The minimum absolute atomic E-state index is 0.0445. The maximum absolute atomic E-state index is 13.6. The summed E-state index contributed by atoms with van der Waals surface area (Å²) >= 11 is 0. The van der Waals surface area contributed by atoms with Crippen LogP contribution in [0.1, 0.15) is 34.8 Å². The molecule has 6 heterocycles. The standard InChI is InChI=1S/C26H21N5O7/c1-2-26(35)16-4-18-23-14(9-30(18)24(33)15(16)10-36-25(26)34)22(12-7-28-31(8-12)21(32)6-27)13-3-19-20(38-11-37-19)5-17(13)29-23/h3-5,7-8,35H,2,6,9-11,27H2,1H3/t26-/m0/s1. The summed E-state index contributed by atoms with van der Waals surface area (Å²) in [5.41, 5.74) is 7.33. The van der Waals surface area contributed by atoms with Gasteiger partial charge in [-0.25, -0.2) is 14.5 Å². The Morgan fingerprint density at radius 1 is 1.16 bits per heavy atom. The van der Waals surface area contributed by atoms with Gasteiger partial charge >= 0.3 is 5.97 Å². The average Bonchev–Trinajstić information content (AvgIpc) is 3.67. The van der Waals surface area contributed by atoms with Crippen LogP contribution in [0.15, 0.2) is 35.4 Å². The number of esters is 1. The number of aliphatic hydroxyl groups is 1. The lowest BCUT2D eigenvalue weighted by atomic mass is 9.86. The van der Waals surface area contributed by atoms with Crippen LogP contribution in [0.5, 0.6) is 11.5 Å². The van der Waals surface area contributed by atoms with Crippen molar-refractivity contribution in [3.8, 4) is 34.0 Å². The van der Waals surface area contributed by atoms with Crippen LogP contribution in [0.3, 0.4) is 0 Å². The second-order valence-electron chi connectivity index (χ2n) is 9.41. The number of carbonyl (C=O) groups excluding carboxylic acids is 2. The van der Waals surface area contributed by atoms with Crippen molar-refractivity contribution >= 4 is 22.8 Å². The monoisotopic (exact) mass is 515 g/mol. The molecule has 0 bridgehead atoms. The van der Waals surface area contributed by atoms with Crippen LogP contribution in [0.4, 0.5) is 0 Å². The molecule has 3 aromatic heterocycles. The summed E-state index contributed by atoms with van der Waals surface area (Å²) in [5.74, 6) is -0.0712. The molecule has 3 aliphatic rings. The molecular weight excluding hydrogens is 494 g/mol. The molecule has 1 atom stereocenters. The van der Waals surface area contributed by atoms with E-state index in [1.165, 1.54) is 4.68 Å². The molecule has 0 unspecified atom stereocenters. The Hall–Kier alpha value is -4.55. The first-order chi connectivity index (χ1) is 18.3. The van der Waals surface area contributed by atoms with E-state index in [1.807, 2.05) is 6.07 Å². The highest BCUT2D eigenvalue weighted by atomic mass is 16.7. The Morgan fingerprint density at radius 3 is 2.71 bits per heavy atom. The Labute approximate surface area is 214 Å². The van der Waals surface area contributed by atoms with Crippen LogP contribution in [-0.2, 0) is 28.3 Å². The summed E-state index contributed by atoms with van der Waals surface area (Å²) in [7, 11) is 0. The first-order valence-electron chi connectivity index (χ1n) is 12.1. The van der Waals surface area contributed by atoms with Gasteiger partial charge in [0.05, 0.1) is 41.8 Å². The average molecular weight is 515 g/mol. The smallest absolute Gasteiger partial charge is 0.343 e. The number of nitrogens with zero attached hydrogens (tertiary/aromatic N) is 4. The quantitative estimate of drug-likeness (QED) is 0.335. The van der Waals surface area contributed by atoms with Crippen molar-refractivity contribution in [1.82, 2.24) is 19.3 Å². The number of fused-ring (bicyclic) bond motifs is 6. The number of benzene rings is 1. The van der Waals surface area contributed by atoms with Crippen molar-refractivity contribution in [2.75, 3.05) is 13.3 Å². The van der Waals surface area contributed by atoms with Crippen molar-refractivity contribution in [2.24, 2.45) is 5.73 Å². The zero-order valence-electron chi connectivity index (χ0n) is 20.2. The molecule has 0 spiro atoms. The largest absolute Gasteiger partial charge is 0.458 e. The van der Waals surface area contributed by atoms with Gasteiger partial charge in [-0.2, -0.15) is 5.10 Å². The van der Waals surface area contributed by atoms with Crippen molar-refractivity contribution in [3.05, 3.63) is 57.6 Å². The summed E-state index contributed by atoms with van der Waals surface area (Å²) in [6.45, 7) is 1.49. The number of hydrogen-bond donors (Lipinski definition) is 2. The van der Waals surface area contributed by atoms with E-state index in [0.717, 1.165) is 16.5 Å². The van der Waals surface area contributed by atoms with Crippen LogP contribution < -0.4 is 20.8 Å². The number of carbonyl (C=O) groups is 2. The Balaban J connectivity index is 1.53. The van der Waals surface area contributed by atoms with E-state index in [2.05, 4.69) is 5.10 Å². The topological polar surface area (TPSA) is 161 Å². The van der Waals surface area contributed by atoms with Gasteiger partial charge in [-0.05, 0) is 18.6 Å². The molecule has 1 aromatic carbocycles. The number of cyclic esters (lactones) is 1. The fourth-order valence-electron chi connectivity index (χ4n) is 5.48. The molecule has 4 aromatic rings. The van der Waals surface area contributed by atoms with Gasteiger partial charge in [0.2, 0.25) is 6.79 Å². The molecule has 3 N–H and O–H groups in total. The second-order valence-corrected chi connectivity index (χ2v) is 9.41. The summed E-state index contributed by atoms with van der Waals surface area (Å²) in [6, 6.07) is 5.24. The molecule has 192 valence electrons. The van der Waals surface area contributed by atoms with Gasteiger partial charge in [0.15, 0.2) is 17.1 Å². The zero-order valence-corrected chi connectivity index (χ0v) is 20.2. The Bertz CT molecular complexity index is 1790. The van der Waals surface area contributed by atoms with Crippen molar-refractivity contribution < 1.29 is 28.9 Å². The molecule has 0 fully saturated rings. The molecule has 7 rings (SSSR count). The number of hydrogen-bond acceptors (Lipinski definition) is 10. The van der Waals surface area contributed by atoms with Gasteiger partial charge in [-0.3, -0.25) is 9.59 Å². The third-order valence-electron chi connectivity index (χ3n) is 7.48. The maximum atomic E-state index is 13.6. The van der Waals surface area contributed by atoms with Crippen LogP contribution in [0.25, 0.3) is 33.4 Å². The fourth-order valence-corrected chi connectivity index (χ4v) is 5.48. The summed E-state index contributed by atoms with van der Waals surface area (Å²) < 4.78 is 19.1. The first kappa shape index (κ1) is 22.6. The lowest BCUT2D eigenvalue weighted by Gasteiger charge is -2.31. The van der Waals surface area contributed by atoms with Crippen LogP contribution in [0.2, 0.25) is 0 Å². The molecule has 0 saturated carbocycles. The van der Waals surface area contributed by atoms with E-state index < -0.39 is 11.6 Å². The third kappa shape index (κ3) is 2.89. The summed E-state index contributed by atoms with van der Waals surface area (Å²) in [5, 5.41) is 16.1. The van der Waals surface area contributed by atoms with Gasteiger partial charge in [0, 0.05) is 39.9 Å². The van der Waals surface area contributed by atoms with Gasteiger partial charge in [-0.15, -0.1) is 0 Å². The Kier molecular flexibility index (Phi) is 4.60. The fraction of sp³-hybridized carbons (Fsp3) is 0.269. The minimum Gasteiger partial charge on any atom is -0.458 e. The van der Waals surface area contributed by atoms with E-state index in [9.17, 15) is 19.5 Å². The van der Waals surface area contributed by atoms with Crippen LogP contribution >= 0.6 is 0 Å². The van der Waals surface area contributed by atoms with Gasteiger partial charge in [0.25, 0.3) is 11.5 Å². The zero-order chi connectivity index (χ0) is 26.3. The minimum atomic E-state index is -1.93. The lowest BCUT2D eigenvalue weighted by molar-refractivity contribution is -0.172. The number of ether oxygens (including phenoxy) is 3. The van der Waals surface area contributed by atoms with E-state index in [0.29, 0.717) is 34.0 Å².